The van der Waals surface area contributed by atoms with Gasteiger partial charge in [-0.3, -0.25) is 4.79 Å². The molecule has 1 aromatic heterocycles. The van der Waals surface area contributed by atoms with Gasteiger partial charge in [-0.1, -0.05) is 36.0 Å². The van der Waals surface area contributed by atoms with Gasteiger partial charge in [-0.15, -0.1) is 0 Å². The molecule has 1 aliphatic rings. The summed E-state index contributed by atoms with van der Waals surface area (Å²) < 4.78 is 0. The molecule has 24 heavy (non-hydrogen) atoms. The third kappa shape index (κ3) is 3.17. The average molecular weight is 337 g/mol. The first kappa shape index (κ1) is 15.3. The molecule has 0 aliphatic carbocycles. The molecule has 1 N–H and O–H groups in total. The van der Waals surface area contributed by atoms with Gasteiger partial charge in [0.25, 0.3) is 5.91 Å². The van der Waals surface area contributed by atoms with E-state index in [-0.39, 0.29) is 5.91 Å². The van der Waals surface area contributed by atoms with Gasteiger partial charge < -0.3 is 9.88 Å². The summed E-state index contributed by atoms with van der Waals surface area (Å²) in [6.45, 7) is 1.78. The summed E-state index contributed by atoms with van der Waals surface area (Å²) in [6.07, 6.45) is 2.25. The van der Waals surface area contributed by atoms with Gasteiger partial charge in [-0.2, -0.15) is 0 Å². The van der Waals surface area contributed by atoms with Crippen molar-refractivity contribution in [1.29, 1.82) is 0 Å². The number of nitrogens with zero attached hydrogens (tertiary/aromatic N) is 2. The van der Waals surface area contributed by atoms with Gasteiger partial charge in [0.2, 0.25) is 0 Å². The van der Waals surface area contributed by atoms with Gasteiger partial charge in [0.05, 0.1) is 11.0 Å². The molecule has 0 saturated carbocycles. The average Bonchev–Trinajstić information content (AvgIpc) is 3.29. The third-order valence-electron chi connectivity index (χ3n) is 4.34. The fraction of sp³-hybridized carbons (Fsp3) is 0.263. The minimum absolute atomic E-state index is 0.156. The number of aromatic nitrogens is 2. The van der Waals surface area contributed by atoms with E-state index in [1.54, 1.807) is 11.8 Å². The summed E-state index contributed by atoms with van der Waals surface area (Å²) in [4.78, 5) is 22.2. The van der Waals surface area contributed by atoms with E-state index in [1.807, 2.05) is 53.4 Å². The van der Waals surface area contributed by atoms with Crippen molar-refractivity contribution in [1.82, 2.24) is 14.9 Å². The maximum absolute atomic E-state index is 12.3. The molecule has 4 rings (SSSR count). The number of nitrogens with one attached hydrogen (secondary N) is 1. The van der Waals surface area contributed by atoms with Gasteiger partial charge in [0.1, 0.15) is 0 Å². The number of aromatic amines is 1. The molecule has 0 atom stereocenters. The van der Waals surface area contributed by atoms with Crippen molar-refractivity contribution >= 4 is 28.7 Å². The number of H-pyrrole nitrogens is 1. The second kappa shape index (κ2) is 6.69. The minimum atomic E-state index is 0.156. The molecule has 0 radical (unpaired) electrons. The Morgan fingerprint density at radius 2 is 1.83 bits per heavy atom. The van der Waals surface area contributed by atoms with Crippen molar-refractivity contribution in [2.45, 2.75) is 23.8 Å². The van der Waals surface area contributed by atoms with E-state index in [2.05, 4.69) is 9.97 Å². The van der Waals surface area contributed by atoms with Crippen molar-refractivity contribution in [3.05, 3.63) is 59.7 Å². The summed E-state index contributed by atoms with van der Waals surface area (Å²) in [5.74, 6) is 0.988. The number of likely N-dealkylation sites (tertiary alicyclic amines) is 1. The summed E-state index contributed by atoms with van der Waals surface area (Å²) in [7, 11) is 0. The van der Waals surface area contributed by atoms with Crippen LogP contribution < -0.4 is 0 Å². The maximum Gasteiger partial charge on any atom is 0.253 e. The molecule has 0 unspecified atom stereocenters. The second-order valence-corrected chi connectivity index (χ2v) is 7.01. The molecular formula is C19H19N3OS. The highest BCUT2D eigenvalue weighted by Crippen LogP contribution is 2.23. The Hall–Kier alpha value is -2.27. The number of para-hydroxylation sites is 2. The lowest BCUT2D eigenvalue weighted by Crippen LogP contribution is -2.27. The lowest BCUT2D eigenvalue weighted by atomic mass is 10.1. The van der Waals surface area contributed by atoms with Gasteiger partial charge >= 0.3 is 0 Å². The van der Waals surface area contributed by atoms with Gasteiger partial charge in [-0.25, -0.2) is 4.98 Å². The lowest BCUT2D eigenvalue weighted by molar-refractivity contribution is 0.0793. The third-order valence-corrected chi connectivity index (χ3v) is 5.28. The van der Waals surface area contributed by atoms with E-state index in [0.29, 0.717) is 0 Å². The number of hydrogen-bond acceptors (Lipinski definition) is 3. The number of hydrogen-bond donors (Lipinski definition) is 1. The summed E-state index contributed by atoms with van der Waals surface area (Å²) in [6, 6.07) is 16.0. The first-order valence-electron chi connectivity index (χ1n) is 8.25. The number of fused-ring (bicyclic) bond motifs is 1. The quantitative estimate of drug-likeness (QED) is 0.730. The molecule has 0 bridgehead atoms. The number of amides is 1. The Labute approximate surface area is 145 Å². The Morgan fingerprint density at radius 1 is 1.08 bits per heavy atom. The zero-order valence-electron chi connectivity index (χ0n) is 13.4. The van der Waals surface area contributed by atoms with Crippen molar-refractivity contribution in [2.75, 3.05) is 13.1 Å². The Bertz CT molecular complexity index is 817. The van der Waals surface area contributed by atoms with Crippen LogP contribution in [0.5, 0.6) is 0 Å². The van der Waals surface area contributed by atoms with E-state index in [9.17, 15) is 4.79 Å². The topological polar surface area (TPSA) is 49.0 Å². The number of carbonyl (C=O) groups excluding carboxylic acids is 1. The van der Waals surface area contributed by atoms with Crippen LogP contribution >= 0.6 is 11.8 Å². The molecule has 122 valence electrons. The Kier molecular flexibility index (Phi) is 4.26. The number of thioether (sulfide) groups is 1. The van der Waals surface area contributed by atoms with Crippen LogP contribution in [-0.4, -0.2) is 33.9 Å². The van der Waals surface area contributed by atoms with Crippen molar-refractivity contribution in [3.63, 3.8) is 0 Å². The first-order valence-corrected chi connectivity index (χ1v) is 9.24. The minimum Gasteiger partial charge on any atom is -0.339 e. The zero-order chi connectivity index (χ0) is 16.4. The highest BCUT2D eigenvalue weighted by molar-refractivity contribution is 7.98. The van der Waals surface area contributed by atoms with Crippen LogP contribution in [-0.2, 0) is 5.75 Å². The molecule has 5 heteroatoms. The summed E-state index contributed by atoms with van der Waals surface area (Å²) >= 11 is 1.68. The fourth-order valence-electron chi connectivity index (χ4n) is 3.00. The van der Waals surface area contributed by atoms with Crippen LogP contribution in [0.3, 0.4) is 0 Å². The standard InChI is InChI=1S/C19H19N3OS/c23-18(22-11-3-4-12-22)15-9-7-14(8-10-15)13-24-19-20-16-5-1-2-6-17(16)21-19/h1-2,5-10H,3-4,11-13H2,(H,20,21). The van der Waals surface area contributed by atoms with E-state index < -0.39 is 0 Å². The van der Waals surface area contributed by atoms with Crippen LogP contribution in [0.2, 0.25) is 0 Å². The Morgan fingerprint density at radius 3 is 2.58 bits per heavy atom. The van der Waals surface area contributed by atoms with Gasteiger partial charge in [0, 0.05) is 24.4 Å². The molecule has 1 aliphatic heterocycles. The molecule has 3 aromatic rings. The predicted molar refractivity (Wildman–Crippen MR) is 97.2 cm³/mol. The molecule has 1 amide bonds. The largest absolute Gasteiger partial charge is 0.339 e. The molecule has 0 spiro atoms. The lowest BCUT2D eigenvalue weighted by Gasteiger charge is -2.15. The van der Waals surface area contributed by atoms with Crippen molar-refractivity contribution in [2.24, 2.45) is 0 Å². The van der Waals surface area contributed by atoms with Crippen LogP contribution in [0, 0.1) is 0 Å². The molecule has 4 nitrogen and oxygen atoms in total. The van der Waals surface area contributed by atoms with Gasteiger partial charge in [-0.05, 0) is 42.7 Å². The van der Waals surface area contributed by atoms with Crippen molar-refractivity contribution < 1.29 is 4.79 Å². The van der Waals surface area contributed by atoms with Crippen LogP contribution in [0.25, 0.3) is 11.0 Å². The molecule has 1 saturated heterocycles. The highest BCUT2D eigenvalue weighted by atomic mass is 32.2. The number of benzene rings is 2. The number of rotatable bonds is 4. The SMILES string of the molecule is O=C(c1ccc(CSc2nc3ccccc3[nH]2)cc1)N1CCCC1. The van der Waals surface area contributed by atoms with Crippen molar-refractivity contribution in [3.8, 4) is 0 Å². The van der Waals surface area contributed by atoms with E-state index in [1.165, 1.54) is 5.56 Å². The second-order valence-electron chi connectivity index (χ2n) is 6.04. The molecular weight excluding hydrogens is 318 g/mol. The normalized spacial score (nSPS) is 14.4. The van der Waals surface area contributed by atoms with E-state index in [0.717, 1.165) is 53.4 Å². The summed E-state index contributed by atoms with van der Waals surface area (Å²) in [5.41, 5.74) is 4.03. The first-order chi connectivity index (χ1) is 11.8. The maximum atomic E-state index is 12.3. The van der Waals surface area contributed by atoms with E-state index >= 15 is 0 Å². The van der Waals surface area contributed by atoms with Gasteiger partial charge in [0.15, 0.2) is 5.16 Å². The summed E-state index contributed by atoms with van der Waals surface area (Å²) in [5, 5.41) is 0.924. The van der Waals surface area contributed by atoms with E-state index in [4.69, 9.17) is 0 Å². The fourth-order valence-corrected chi connectivity index (χ4v) is 3.84. The zero-order valence-corrected chi connectivity index (χ0v) is 14.2. The molecule has 2 heterocycles. The van der Waals surface area contributed by atoms with Crippen LogP contribution in [0.4, 0.5) is 0 Å². The smallest absolute Gasteiger partial charge is 0.253 e. The highest BCUT2D eigenvalue weighted by Gasteiger charge is 2.19. The number of imidazole rings is 1. The number of carbonyl (C=O) groups is 1. The molecule has 2 aromatic carbocycles. The molecule has 1 fully saturated rings. The monoisotopic (exact) mass is 337 g/mol. The predicted octanol–water partition coefficient (Wildman–Crippen LogP) is 4.09. The van der Waals surface area contributed by atoms with Crippen LogP contribution in [0.15, 0.2) is 53.7 Å². The van der Waals surface area contributed by atoms with Crippen LogP contribution in [0.1, 0.15) is 28.8 Å². The Balaban J connectivity index is 1.40.